The normalized spacial score (nSPS) is 22.8. The van der Waals surface area contributed by atoms with Gasteiger partial charge in [0, 0.05) is 17.3 Å². The van der Waals surface area contributed by atoms with Crippen molar-refractivity contribution in [2.45, 2.75) is 57.7 Å². The molecule has 1 heterocycles. The van der Waals surface area contributed by atoms with Crippen LogP contribution in [0.25, 0.3) is 0 Å². The van der Waals surface area contributed by atoms with Crippen molar-refractivity contribution in [3.8, 4) is 0 Å². The van der Waals surface area contributed by atoms with E-state index in [2.05, 4.69) is 28.8 Å². The molecule has 0 aliphatic heterocycles. The number of aliphatic hydroxyl groups is 1. The van der Waals surface area contributed by atoms with Crippen LogP contribution in [0, 0.1) is 12.3 Å². The second-order valence-electron chi connectivity index (χ2n) is 6.02. The number of nitrogens with one attached hydrogen (secondary N) is 2. The van der Waals surface area contributed by atoms with Gasteiger partial charge in [0.1, 0.15) is 0 Å². The topological polar surface area (TPSA) is 95.1 Å². The highest BCUT2D eigenvalue weighted by molar-refractivity contribution is 7.89. The molecular weight excluding hydrogens is 266 g/mol. The summed E-state index contributed by atoms with van der Waals surface area (Å²) in [6, 6.07) is -0.0523. The minimum Gasteiger partial charge on any atom is -0.392 e. The molecule has 1 saturated carbocycles. The molecule has 1 unspecified atom stereocenters. The lowest BCUT2D eigenvalue weighted by Crippen LogP contribution is -2.34. The highest BCUT2D eigenvalue weighted by atomic mass is 32.2. The molecule has 19 heavy (non-hydrogen) atoms. The zero-order valence-corrected chi connectivity index (χ0v) is 12.3. The number of hydrogen-bond acceptors (Lipinski definition) is 4. The van der Waals surface area contributed by atoms with E-state index < -0.39 is 10.0 Å². The van der Waals surface area contributed by atoms with Gasteiger partial charge < -0.3 is 5.11 Å². The van der Waals surface area contributed by atoms with Crippen LogP contribution in [0.2, 0.25) is 0 Å². The van der Waals surface area contributed by atoms with E-state index in [9.17, 15) is 13.5 Å². The van der Waals surface area contributed by atoms with Crippen LogP contribution in [0.4, 0.5) is 0 Å². The van der Waals surface area contributed by atoms with Gasteiger partial charge in [-0.05, 0) is 31.6 Å². The van der Waals surface area contributed by atoms with E-state index in [1.165, 1.54) is 0 Å². The summed E-state index contributed by atoms with van der Waals surface area (Å²) in [6.07, 6.45) is 2.67. The van der Waals surface area contributed by atoms with Crippen LogP contribution < -0.4 is 4.72 Å². The zero-order valence-electron chi connectivity index (χ0n) is 11.5. The Morgan fingerprint density at radius 2 is 2.21 bits per heavy atom. The highest BCUT2D eigenvalue weighted by Crippen LogP contribution is 2.37. The van der Waals surface area contributed by atoms with Crippen molar-refractivity contribution in [1.29, 1.82) is 0 Å². The largest absolute Gasteiger partial charge is 0.392 e. The lowest BCUT2D eigenvalue weighted by atomic mass is 9.92. The fraction of sp³-hybridized carbons (Fsp3) is 0.750. The highest BCUT2D eigenvalue weighted by Gasteiger charge is 2.34. The van der Waals surface area contributed by atoms with Gasteiger partial charge in [0.05, 0.1) is 6.61 Å². The molecule has 1 aromatic rings. The summed E-state index contributed by atoms with van der Waals surface area (Å²) in [5.41, 5.74) is 1.09. The summed E-state index contributed by atoms with van der Waals surface area (Å²) < 4.78 is 27.3. The molecule has 1 aliphatic carbocycles. The quantitative estimate of drug-likeness (QED) is 0.772. The Hall–Kier alpha value is -0.920. The third kappa shape index (κ3) is 2.98. The van der Waals surface area contributed by atoms with Gasteiger partial charge in [0.15, 0.2) is 5.03 Å². The summed E-state index contributed by atoms with van der Waals surface area (Å²) in [5, 5.41) is 15.6. The zero-order chi connectivity index (χ0) is 14.3. The average molecular weight is 287 g/mol. The van der Waals surface area contributed by atoms with E-state index in [0.717, 1.165) is 19.3 Å². The third-order valence-corrected chi connectivity index (χ3v) is 5.23. The minimum atomic E-state index is -3.67. The van der Waals surface area contributed by atoms with E-state index in [1.54, 1.807) is 6.92 Å². The average Bonchev–Trinajstić information content (AvgIpc) is 2.81. The van der Waals surface area contributed by atoms with Gasteiger partial charge in [0.2, 0.25) is 0 Å². The first-order valence-corrected chi connectivity index (χ1v) is 7.90. The predicted molar refractivity (Wildman–Crippen MR) is 71.0 cm³/mol. The molecule has 3 N–H and O–H groups in total. The third-order valence-electron chi connectivity index (χ3n) is 3.74. The Morgan fingerprint density at radius 3 is 2.74 bits per heavy atom. The van der Waals surface area contributed by atoms with Crippen LogP contribution in [0.15, 0.2) is 5.03 Å². The maximum atomic E-state index is 12.3. The van der Waals surface area contributed by atoms with Crippen molar-refractivity contribution in [1.82, 2.24) is 14.9 Å². The van der Waals surface area contributed by atoms with Crippen LogP contribution in [0.3, 0.4) is 0 Å². The second-order valence-corrected chi connectivity index (χ2v) is 7.64. The minimum absolute atomic E-state index is 0.0523. The number of sulfonamides is 1. The molecular formula is C12H21N3O3S. The smallest absolute Gasteiger partial charge is 0.260 e. The van der Waals surface area contributed by atoms with Crippen molar-refractivity contribution in [3.05, 3.63) is 11.3 Å². The van der Waals surface area contributed by atoms with Crippen molar-refractivity contribution in [2.75, 3.05) is 0 Å². The molecule has 108 valence electrons. The van der Waals surface area contributed by atoms with Crippen molar-refractivity contribution in [2.24, 2.45) is 5.41 Å². The number of rotatable bonds is 4. The first-order chi connectivity index (χ1) is 8.75. The molecule has 7 heteroatoms. The van der Waals surface area contributed by atoms with Crippen LogP contribution in [-0.2, 0) is 16.6 Å². The number of aliphatic hydroxyl groups excluding tert-OH is 1. The molecule has 0 spiro atoms. The van der Waals surface area contributed by atoms with Gasteiger partial charge in [-0.3, -0.25) is 5.10 Å². The predicted octanol–water partition coefficient (Wildman–Crippen LogP) is 1.07. The molecule has 1 atom stereocenters. The van der Waals surface area contributed by atoms with Crippen LogP contribution in [0.5, 0.6) is 0 Å². The van der Waals surface area contributed by atoms with Crippen LogP contribution in [-0.4, -0.2) is 29.8 Å². The van der Waals surface area contributed by atoms with Crippen molar-refractivity contribution in [3.63, 3.8) is 0 Å². The van der Waals surface area contributed by atoms with E-state index in [0.29, 0.717) is 11.3 Å². The fourth-order valence-electron chi connectivity index (χ4n) is 2.65. The first kappa shape index (κ1) is 14.5. The summed E-state index contributed by atoms with van der Waals surface area (Å²) in [5.74, 6) is 0. The second kappa shape index (κ2) is 4.88. The lowest BCUT2D eigenvalue weighted by molar-refractivity contribution is 0.277. The summed E-state index contributed by atoms with van der Waals surface area (Å²) in [7, 11) is -3.67. The Morgan fingerprint density at radius 1 is 1.53 bits per heavy atom. The first-order valence-electron chi connectivity index (χ1n) is 6.42. The number of aromatic amines is 1. The number of H-pyrrole nitrogens is 1. The molecule has 0 radical (unpaired) electrons. The molecule has 0 amide bonds. The Labute approximate surface area is 113 Å². The maximum absolute atomic E-state index is 12.3. The number of aromatic nitrogens is 2. The standard InChI is InChI=1S/C12H21N3O3S/c1-8-10(7-16)11(14-13-8)19(17,18)15-9-4-5-12(2,3)6-9/h9,15-16H,4-7H2,1-3H3,(H,13,14). The molecule has 0 aromatic carbocycles. The van der Waals surface area contributed by atoms with Gasteiger partial charge in [-0.2, -0.15) is 5.10 Å². The number of nitrogens with zero attached hydrogens (tertiary/aromatic N) is 1. The molecule has 1 fully saturated rings. The molecule has 2 rings (SSSR count). The molecule has 1 aromatic heterocycles. The lowest BCUT2D eigenvalue weighted by Gasteiger charge is -2.17. The van der Waals surface area contributed by atoms with Crippen molar-refractivity contribution < 1.29 is 13.5 Å². The Bertz CT molecular complexity index is 563. The van der Waals surface area contributed by atoms with E-state index >= 15 is 0 Å². The van der Waals surface area contributed by atoms with Crippen LogP contribution in [0.1, 0.15) is 44.4 Å². The molecule has 0 bridgehead atoms. The van der Waals surface area contributed by atoms with E-state index in [-0.39, 0.29) is 23.1 Å². The summed E-state index contributed by atoms with van der Waals surface area (Å²) >= 11 is 0. The van der Waals surface area contributed by atoms with Gasteiger partial charge >= 0.3 is 0 Å². The molecule has 0 saturated heterocycles. The van der Waals surface area contributed by atoms with Gasteiger partial charge in [-0.15, -0.1) is 0 Å². The van der Waals surface area contributed by atoms with E-state index in [4.69, 9.17) is 0 Å². The monoisotopic (exact) mass is 287 g/mol. The number of hydrogen-bond donors (Lipinski definition) is 3. The molecule has 6 nitrogen and oxygen atoms in total. The SMILES string of the molecule is Cc1[nH]nc(S(=O)(=O)NC2CCC(C)(C)C2)c1CO. The van der Waals surface area contributed by atoms with E-state index in [1.807, 2.05) is 0 Å². The molecule has 1 aliphatic rings. The van der Waals surface area contributed by atoms with Gasteiger partial charge in [-0.25, -0.2) is 13.1 Å². The van der Waals surface area contributed by atoms with Gasteiger partial charge in [0.25, 0.3) is 10.0 Å². The van der Waals surface area contributed by atoms with Gasteiger partial charge in [-0.1, -0.05) is 13.8 Å². The Balaban J connectivity index is 2.19. The summed E-state index contributed by atoms with van der Waals surface area (Å²) in [4.78, 5) is 0. The number of aryl methyl sites for hydroxylation is 1. The summed E-state index contributed by atoms with van der Waals surface area (Å²) in [6.45, 7) is 5.63. The fourth-order valence-corrected chi connectivity index (χ4v) is 4.11. The Kier molecular flexibility index (Phi) is 3.72. The maximum Gasteiger partial charge on any atom is 0.260 e. The van der Waals surface area contributed by atoms with Crippen molar-refractivity contribution >= 4 is 10.0 Å². The van der Waals surface area contributed by atoms with Crippen LogP contribution >= 0.6 is 0 Å².